The fraction of sp³-hybridized carbons (Fsp3) is 0.0625. The molecule has 0 saturated heterocycles. The number of nitrogens with zero attached hydrogens (tertiary/aromatic N) is 3. The molecule has 0 unspecified atom stereocenters. The van der Waals surface area contributed by atoms with E-state index >= 15 is 0 Å². The molecule has 7 nitrogen and oxygen atoms in total. The number of nitrogens with one attached hydrogen (secondary N) is 1. The Morgan fingerprint density at radius 1 is 1.07 bits per heavy atom. The van der Waals surface area contributed by atoms with Crippen molar-refractivity contribution in [3.63, 3.8) is 0 Å². The van der Waals surface area contributed by atoms with Crippen LogP contribution >= 0.6 is 23.2 Å². The van der Waals surface area contributed by atoms with Crippen LogP contribution in [0.25, 0.3) is 5.69 Å². The van der Waals surface area contributed by atoms with Gasteiger partial charge in [0, 0.05) is 11.1 Å². The topological polar surface area (TPSA) is 93.9 Å². The summed E-state index contributed by atoms with van der Waals surface area (Å²) in [5, 5.41) is 6.85. The van der Waals surface area contributed by atoms with E-state index in [1.165, 1.54) is 22.9 Å². The van der Waals surface area contributed by atoms with Gasteiger partial charge < -0.3 is 0 Å². The Balaban J connectivity index is 2.01. The van der Waals surface area contributed by atoms with Gasteiger partial charge in [0.25, 0.3) is 22.4 Å². The molecule has 0 spiro atoms. The average Bonchev–Trinajstić information content (AvgIpc) is 3.05. The molecule has 0 atom stereocenters. The van der Waals surface area contributed by atoms with Gasteiger partial charge in [0.15, 0.2) is 5.69 Å². The van der Waals surface area contributed by atoms with E-state index in [2.05, 4.69) is 10.3 Å². The molecule has 0 aliphatic carbocycles. The fourth-order valence-electron chi connectivity index (χ4n) is 2.39. The highest BCUT2D eigenvalue weighted by atomic mass is 35.5. The van der Waals surface area contributed by atoms with Crippen molar-refractivity contribution in [2.75, 3.05) is 0 Å². The van der Waals surface area contributed by atoms with E-state index in [0.717, 1.165) is 0 Å². The van der Waals surface area contributed by atoms with Crippen molar-refractivity contribution in [1.29, 1.82) is 0 Å². The minimum Gasteiger partial charge on any atom is -0.266 e. The Hall–Kier alpha value is -2.70. The number of carbonyl (C=O) groups excluding carboxylic acids is 1. The van der Waals surface area contributed by atoms with Crippen LogP contribution in [0.5, 0.6) is 0 Å². The summed E-state index contributed by atoms with van der Waals surface area (Å²) in [6.45, 7) is 0. The van der Waals surface area contributed by atoms with E-state index in [4.69, 9.17) is 23.2 Å². The molecule has 30 heavy (non-hydrogen) atoms. The largest absolute Gasteiger partial charge is 0.287 e. The number of halogens is 6. The summed E-state index contributed by atoms with van der Waals surface area (Å²) < 4.78 is 80.3. The maximum atomic E-state index is 13.6. The highest BCUT2D eigenvalue weighted by Crippen LogP contribution is 2.29. The van der Waals surface area contributed by atoms with Crippen LogP contribution in [0.4, 0.5) is 17.6 Å². The molecule has 3 rings (SSSR count). The van der Waals surface area contributed by atoms with Crippen molar-refractivity contribution < 1.29 is 30.8 Å². The average molecular weight is 483 g/mol. The summed E-state index contributed by atoms with van der Waals surface area (Å²) in [6, 6.07) is 5.09. The maximum absolute atomic E-state index is 13.6. The second-order valence-corrected chi connectivity index (χ2v) is 8.20. The van der Waals surface area contributed by atoms with E-state index in [9.17, 15) is 30.8 Å². The molecular weight excluding hydrogens is 475 g/mol. The van der Waals surface area contributed by atoms with Crippen LogP contribution in [0, 0.1) is 11.6 Å². The summed E-state index contributed by atoms with van der Waals surface area (Å²) >= 11 is 11.7. The van der Waals surface area contributed by atoms with Crippen LogP contribution in [-0.4, -0.2) is 29.3 Å². The Bertz CT molecular complexity index is 1230. The first-order valence-electron chi connectivity index (χ1n) is 7.72. The SMILES string of the molecule is O=C(NS(=O)(=O)c1cc(F)cc(F)c1)c1nnn(-c2ccc(Cl)cc2Cl)c1C(F)F. The quantitative estimate of drug-likeness (QED) is 0.556. The molecule has 14 heteroatoms. The van der Waals surface area contributed by atoms with E-state index < -0.39 is 50.3 Å². The van der Waals surface area contributed by atoms with Gasteiger partial charge in [0.05, 0.1) is 15.6 Å². The number of amides is 1. The zero-order valence-corrected chi connectivity index (χ0v) is 16.6. The molecule has 2 aromatic carbocycles. The van der Waals surface area contributed by atoms with E-state index in [-0.39, 0.29) is 15.7 Å². The lowest BCUT2D eigenvalue weighted by Gasteiger charge is -2.10. The van der Waals surface area contributed by atoms with Crippen molar-refractivity contribution in [2.45, 2.75) is 11.3 Å². The third-order valence-corrected chi connectivity index (χ3v) is 5.49. The Morgan fingerprint density at radius 3 is 2.27 bits per heavy atom. The van der Waals surface area contributed by atoms with E-state index in [1.807, 2.05) is 0 Å². The molecule has 0 fully saturated rings. The number of rotatable bonds is 5. The first kappa shape index (κ1) is 22.0. The number of carbonyl (C=O) groups is 1. The highest BCUT2D eigenvalue weighted by Gasteiger charge is 2.31. The van der Waals surface area contributed by atoms with Gasteiger partial charge in [-0.3, -0.25) is 4.79 Å². The van der Waals surface area contributed by atoms with Gasteiger partial charge in [0.2, 0.25) is 0 Å². The van der Waals surface area contributed by atoms with Gasteiger partial charge >= 0.3 is 0 Å². The molecule has 0 radical (unpaired) electrons. The smallest absolute Gasteiger partial charge is 0.266 e. The summed E-state index contributed by atoms with van der Waals surface area (Å²) in [6.07, 6.45) is -3.32. The fourth-order valence-corrected chi connectivity index (χ4v) is 3.87. The van der Waals surface area contributed by atoms with Crippen LogP contribution in [-0.2, 0) is 10.0 Å². The number of hydrogen-bond acceptors (Lipinski definition) is 5. The molecule has 0 saturated carbocycles. The van der Waals surface area contributed by atoms with Gasteiger partial charge in [-0.2, -0.15) is 0 Å². The molecular formula is C16H8Cl2F4N4O3S. The highest BCUT2D eigenvalue weighted by molar-refractivity contribution is 7.90. The summed E-state index contributed by atoms with van der Waals surface area (Å²) in [4.78, 5) is 11.4. The van der Waals surface area contributed by atoms with Crippen molar-refractivity contribution in [1.82, 2.24) is 19.7 Å². The van der Waals surface area contributed by atoms with Crippen molar-refractivity contribution in [3.8, 4) is 5.69 Å². The Labute approximate surface area is 176 Å². The van der Waals surface area contributed by atoms with Crippen LogP contribution in [0.1, 0.15) is 22.6 Å². The van der Waals surface area contributed by atoms with Gasteiger partial charge in [-0.15, -0.1) is 5.10 Å². The standard InChI is InChI=1S/C16H8Cl2F4N4O3S/c17-7-1-2-12(11(18)3-7)26-14(15(21)22)13(23-25-26)16(27)24-30(28,29)10-5-8(19)4-9(20)6-10/h1-6,15H,(H,24,27). The maximum Gasteiger partial charge on any atom is 0.287 e. The first-order valence-corrected chi connectivity index (χ1v) is 9.96. The molecule has 1 heterocycles. The molecule has 1 amide bonds. The summed E-state index contributed by atoms with van der Waals surface area (Å²) in [5.41, 5.74) is -2.19. The van der Waals surface area contributed by atoms with Gasteiger partial charge in [-0.05, 0) is 30.3 Å². The number of alkyl halides is 2. The van der Waals surface area contributed by atoms with Crippen LogP contribution in [0.2, 0.25) is 10.0 Å². The number of aromatic nitrogens is 3. The molecule has 158 valence electrons. The van der Waals surface area contributed by atoms with Crippen LogP contribution < -0.4 is 4.72 Å². The molecule has 0 aliphatic heterocycles. The molecule has 1 N–H and O–H groups in total. The lowest BCUT2D eigenvalue weighted by Crippen LogP contribution is -2.32. The van der Waals surface area contributed by atoms with Crippen LogP contribution in [0.3, 0.4) is 0 Å². The predicted octanol–water partition coefficient (Wildman–Crippen LogP) is 3.91. The van der Waals surface area contributed by atoms with Gasteiger partial charge in [-0.1, -0.05) is 28.4 Å². The molecule has 0 aliphatic rings. The minimum absolute atomic E-state index is 0.0934. The molecule has 3 aromatic rings. The summed E-state index contributed by atoms with van der Waals surface area (Å²) in [5.74, 6) is -4.04. The Morgan fingerprint density at radius 2 is 1.70 bits per heavy atom. The van der Waals surface area contributed by atoms with Gasteiger partial charge in [0.1, 0.15) is 17.3 Å². The zero-order valence-electron chi connectivity index (χ0n) is 14.3. The van der Waals surface area contributed by atoms with Crippen molar-refractivity contribution >= 4 is 39.1 Å². The summed E-state index contributed by atoms with van der Waals surface area (Å²) in [7, 11) is -4.81. The molecule has 0 bridgehead atoms. The minimum atomic E-state index is -4.81. The first-order chi connectivity index (χ1) is 14.0. The lowest BCUT2D eigenvalue weighted by molar-refractivity contribution is 0.0959. The lowest BCUT2D eigenvalue weighted by atomic mass is 10.2. The number of hydrogen-bond donors (Lipinski definition) is 1. The van der Waals surface area contributed by atoms with E-state index in [1.54, 1.807) is 0 Å². The van der Waals surface area contributed by atoms with Crippen molar-refractivity contribution in [3.05, 3.63) is 69.5 Å². The van der Waals surface area contributed by atoms with Gasteiger partial charge in [-0.25, -0.2) is 35.4 Å². The monoisotopic (exact) mass is 482 g/mol. The second kappa shape index (κ2) is 8.20. The normalized spacial score (nSPS) is 11.7. The van der Waals surface area contributed by atoms with Crippen molar-refractivity contribution in [2.24, 2.45) is 0 Å². The number of sulfonamides is 1. The molecule has 1 aromatic heterocycles. The van der Waals surface area contributed by atoms with Crippen LogP contribution in [0.15, 0.2) is 41.3 Å². The third kappa shape index (κ3) is 4.40. The zero-order chi connectivity index (χ0) is 22.2. The third-order valence-electron chi connectivity index (χ3n) is 3.64. The van der Waals surface area contributed by atoms with E-state index in [0.29, 0.717) is 22.9 Å². The second-order valence-electron chi connectivity index (χ2n) is 5.67. The Kier molecular flexibility index (Phi) is 6.01. The number of benzene rings is 2. The predicted molar refractivity (Wildman–Crippen MR) is 97.3 cm³/mol.